The number of nitrogens with one attached hydrogen (secondary N) is 3. The van der Waals surface area contributed by atoms with Crippen LogP contribution in [0.15, 0.2) is 77.8 Å². The Morgan fingerprint density at radius 1 is 0.961 bits per heavy atom. The lowest BCUT2D eigenvalue weighted by molar-refractivity contribution is -0.384. The number of H-pyrrole nitrogens is 1. The first-order valence-electron chi connectivity index (χ1n) is 26.8. The molecule has 12 rings (SSSR count). The Morgan fingerprint density at radius 2 is 1.75 bits per heavy atom. The number of hydrogen-bond donors (Lipinski definition) is 4. The minimum absolute atomic E-state index is 0.00653. The number of morpholine rings is 1. The van der Waals surface area contributed by atoms with Gasteiger partial charge < -0.3 is 53.8 Å². The Kier molecular flexibility index (Phi) is 13.3. The molecule has 1 aliphatic carbocycles. The Labute approximate surface area is 442 Å². The molecular formula is C55H67N9O11S. The molecule has 0 unspecified atom stereocenters. The van der Waals surface area contributed by atoms with Crippen LogP contribution in [0.25, 0.3) is 11.0 Å². The minimum atomic E-state index is -4.73. The molecule has 7 aliphatic rings. The van der Waals surface area contributed by atoms with Crippen LogP contribution < -0.4 is 34.0 Å². The molecular weight excluding hydrogens is 995 g/mol. The Balaban J connectivity index is 0.817. The smallest absolute Gasteiger partial charge is 0.297 e. The van der Waals surface area contributed by atoms with Crippen molar-refractivity contribution in [3.8, 4) is 17.4 Å². The van der Waals surface area contributed by atoms with Crippen LogP contribution in [0.4, 0.5) is 28.4 Å². The number of piperidine rings is 2. The van der Waals surface area contributed by atoms with Gasteiger partial charge in [0, 0.05) is 86.9 Å². The van der Waals surface area contributed by atoms with Crippen LogP contribution >= 0.6 is 0 Å². The molecule has 20 nitrogen and oxygen atoms in total. The van der Waals surface area contributed by atoms with Gasteiger partial charge in [-0.25, -0.2) is 13.1 Å². The van der Waals surface area contributed by atoms with Gasteiger partial charge in [0.05, 0.1) is 70.7 Å². The number of carbonyl (C=O) groups excluding carboxylic acids is 1. The second kappa shape index (κ2) is 20.0. The van der Waals surface area contributed by atoms with Crippen LogP contribution in [0.5, 0.6) is 17.4 Å². The summed E-state index contributed by atoms with van der Waals surface area (Å²) in [5.41, 5.74) is 2.92. The Hall–Kier alpha value is -6.23. The van der Waals surface area contributed by atoms with Gasteiger partial charge >= 0.3 is 0 Å². The number of para-hydroxylation sites is 1. The summed E-state index contributed by atoms with van der Waals surface area (Å²) >= 11 is 0. The first-order chi connectivity index (χ1) is 36.6. The first-order valence-corrected chi connectivity index (χ1v) is 28.3. The number of ether oxygens (including phenoxy) is 5. The summed E-state index contributed by atoms with van der Waals surface area (Å²) in [6, 6.07) is 19.9. The van der Waals surface area contributed by atoms with E-state index in [1.54, 1.807) is 12.3 Å². The fourth-order valence-corrected chi connectivity index (χ4v) is 13.8. The highest BCUT2D eigenvalue weighted by Crippen LogP contribution is 2.54. The number of sulfonamides is 1. The molecule has 4 N–H and O–H groups in total. The fourth-order valence-electron chi connectivity index (χ4n) is 12.8. The monoisotopic (exact) mass is 1060 g/mol. The number of benzene rings is 3. The van der Waals surface area contributed by atoms with E-state index in [4.69, 9.17) is 28.7 Å². The molecule has 4 saturated heterocycles. The molecule has 5 fully saturated rings. The van der Waals surface area contributed by atoms with Crippen LogP contribution in [0.3, 0.4) is 0 Å². The number of nitrogens with zero attached hydrogens (tertiary/aromatic N) is 6. The van der Waals surface area contributed by atoms with E-state index in [-0.39, 0.29) is 59.9 Å². The van der Waals surface area contributed by atoms with Gasteiger partial charge in [-0.3, -0.25) is 19.8 Å². The second-order valence-electron chi connectivity index (χ2n) is 22.4. The van der Waals surface area contributed by atoms with E-state index in [1.807, 2.05) is 37.3 Å². The predicted octanol–water partition coefficient (Wildman–Crippen LogP) is 6.91. The summed E-state index contributed by atoms with van der Waals surface area (Å²) < 4.78 is 61.9. The quantitative estimate of drug-likeness (QED) is 0.0736. The molecule has 8 heterocycles. The van der Waals surface area contributed by atoms with Crippen molar-refractivity contribution in [1.29, 1.82) is 0 Å². The van der Waals surface area contributed by atoms with Gasteiger partial charge in [-0.2, -0.15) is 4.98 Å². The molecule has 1 spiro atoms. The van der Waals surface area contributed by atoms with E-state index < -0.39 is 43.1 Å². The Morgan fingerprint density at radius 3 is 2.54 bits per heavy atom. The van der Waals surface area contributed by atoms with Crippen LogP contribution in [0.1, 0.15) is 87.7 Å². The van der Waals surface area contributed by atoms with E-state index in [9.17, 15) is 28.4 Å². The highest BCUT2D eigenvalue weighted by atomic mass is 32.2. The summed E-state index contributed by atoms with van der Waals surface area (Å²) in [7, 11) is -4.73. The number of nitro benzene ring substituents is 1. The maximum Gasteiger partial charge on any atom is 0.297 e. The summed E-state index contributed by atoms with van der Waals surface area (Å²) in [6.07, 6.45) is 7.36. The maximum atomic E-state index is 14.9. The molecule has 404 valence electrons. The number of likely N-dealkylation sites (tertiary alicyclic amines) is 1. The van der Waals surface area contributed by atoms with Gasteiger partial charge in [0.15, 0.2) is 11.4 Å². The van der Waals surface area contributed by atoms with Crippen molar-refractivity contribution >= 4 is 55.4 Å². The van der Waals surface area contributed by atoms with Crippen molar-refractivity contribution in [1.82, 2.24) is 24.5 Å². The number of carbonyl (C=O) groups is 1. The van der Waals surface area contributed by atoms with Gasteiger partial charge in [-0.1, -0.05) is 18.2 Å². The number of aliphatic hydroxyl groups is 1. The van der Waals surface area contributed by atoms with Crippen molar-refractivity contribution in [3.05, 3.63) is 94.2 Å². The number of anilines is 4. The van der Waals surface area contributed by atoms with Crippen LogP contribution in [-0.4, -0.2) is 152 Å². The van der Waals surface area contributed by atoms with E-state index in [0.29, 0.717) is 87.7 Å². The van der Waals surface area contributed by atoms with Gasteiger partial charge in [0.25, 0.3) is 21.6 Å². The van der Waals surface area contributed by atoms with Gasteiger partial charge in [0.1, 0.15) is 29.8 Å². The van der Waals surface area contributed by atoms with Crippen LogP contribution in [-0.2, 0) is 19.5 Å². The number of amides is 1. The number of nitro groups is 1. The molecule has 3 aromatic carbocycles. The standard InChI is InChI=1S/C55H67N9O11S/c1-34(2)74-47-7-5-4-6-40(47)46-32-72-23-21-62(46)38-28-55(29-38)14-19-61(20-15-55)37-8-9-41(43(25-37)63-42-11-22-71-33-49(42)75-53-45(63)24-35-10-16-56-51(35)58-53)52(65)59-76(69,70)39-26-44(64(67)68)50-48(27-39)73-31-36(57-50)30-60-17-12-54(3,66)13-18-60/h4-10,16,24-27,34,36,38,42,46,49,57,66H,11-15,17-23,28-33H2,1-3H3,(H,56,58)(H,59,65)/t36-,42+,46+,49+/m1/s1. The number of aromatic amines is 1. The lowest BCUT2D eigenvalue weighted by atomic mass is 9.59. The third kappa shape index (κ3) is 9.78. The predicted molar refractivity (Wildman–Crippen MR) is 285 cm³/mol. The highest BCUT2D eigenvalue weighted by molar-refractivity contribution is 7.90. The molecule has 4 atom stereocenters. The van der Waals surface area contributed by atoms with Crippen molar-refractivity contribution in [2.24, 2.45) is 5.41 Å². The summed E-state index contributed by atoms with van der Waals surface area (Å²) in [6.45, 7) is 12.4. The number of aromatic nitrogens is 2. The highest BCUT2D eigenvalue weighted by Gasteiger charge is 2.50. The van der Waals surface area contributed by atoms with Gasteiger partial charge in [0.2, 0.25) is 5.88 Å². The lowest BCUT2D eigenvalue weighted by Crippen LogP contribution is -2.57. The third-order valence-electron chi connectivity index (χ3n) is 16.9. The average molecular weight is 1060 g/mol. The zero-order chi connectivity index (χ0) is 52.5. The van der Waals surface area contributed by atoms with Crippen molar-refractivity contribution in [2.75, 3.05) is 87.4 Å². The molecule has 0 bridgehead atoms. The summed E-state index contributed by atoms with van der Waals surface area (Å²) in [5.74, 6) is 0.348. The summed E-state index contributed by atoms with van der Waals surface area (Å²) in [5, 5.41) is 27.1. The van der Waals surface area contributed by atoms with Crippen LogP contribution in [0.2, 0.25) is 0 Å². The second-order valence-corrected chi connectivity index (χ2v) is 24.1. The summed E-state index contributed by atoms with van der Waals surface area (Å²) in [4.78, 5) is 43.6. The van der Waals surface area contributed by atoms with E-state index in [0.717, 1.165) is 68.2 Å². The number of rotatable bonds is 12. The zero-order valence-electron chi connectivity index (χ0n) is 43.2. The van der Waals surface area contributed by atoms with Gasteiger partial charge in [-0.15, -0.1) is 0 Å². The molecule has 5 aromatic rings. The Bertz CT molecular complexity index is 3130. The number of hydrogen-bond acceptors (Lipinski definition) is 17. The van der Waals surface area contributed by atoms with Crippen molar-refractivity contribution in [2.45, 2.75) is 113 Å². The largest absolute Gasteiger partial charge is 0.491 e. The molecule has 1 amide bonds. The first kappa shape index (κ1) is 50.6. The van der Waals surface area contributed by atoms with E-state index >= 15 is 0 Å². The van der Waals surface area contributed by atoms with E-state index in [2.05, 4.69) is 66.7 Å². The number of fused-ring (bicyclic) bond motifs is 4. The molecule has 1 saturated carbocycles. The van der Waals surface area contributed by atoms with E-state index in [1.165, 1.54) is 11.6 Å². The lowest BCUT2D eigenvalue weighted by Gasteiger charge is -2.57. The third-order valence-corrected chi connectivity index (χ3v) is 18.2. The van der Waals surface area contributed by atoms with Crippen molar-refractivity contribution < 1.29 is 46.9 Å². The number of pyridine rings is 1. The minimum Gasteiger partial charge on any atom is -0.491 e. The maximum absolute atomic E-state index is 14.9. The van der Waals surface area contributed by atoms with Gasteiger partial charge in [-0.05, 0) is 108 Å². The molecule has 6 aliphatic heterocycles. The van der Waals surface area contributed by atoms with Crippen LogP contribution in [0, 0.1) is 15.5 Å². The topological polar surface area (TPSA) is 226 Å². The normalized spacial score (nSPS) is 24.6. The molecule has 2 aromatic heterocycles. The average Bonchev–Trinajstić information content (AvgIpc) is 3.86. The zero-order valence-corrected chi connectivity index (χ0v) is 44.1. The molecule has 0 radical (unpaired) electrons. The SMILES string of the molecule is CC(C)Oc1ccccc1[C@@H]1COCCN1C1CC2(CCN(c3ccc(C(=O)NS(=O)(=O)c4cc5c(c([N+](=O)[O-])c4)N[C@H](CN4CCC(C)(O)CC4)CO5)c(N4c5cc6cc[nH]c6nc5O[C@H]5COCC[C@@H]54)c3)CC2)C1. The van der Waals surface area contributed by atoms with Crippen molar-refractivity contribution in [3.63, 3.8) is 0 Å². The molecule has 76 heavy (non-hydrogen) atoms. The fraction of sp³-hybridized carbons (Fsp3) is 0.527. The molecule has 21 heteroatoms.